The quantitative estimate of drug-likeness (QED) is 0.715. The van der Waals surface area contributed by atoms with E-state index in [2.05, 4.69) is 9.62 Å². The van der Waals surface area contributed by atoms with Crippen LogP contribution in [0.25, 0.3) is 0 Å². The van der Waals surface area contributed by atoms with Crippen LogP contribution in [-0.2, 0) is 21.3 Å². The number of ether oxygens (including phenoxy) is 1. The summed E-state index contributed by atoms with van der Waals surface area (Å²) in [5, 5.41) is 1.22. The number of hydrogen-bond donors (Lipinski definition) is 1. The van der Waals surface area contributed by atoms with Gasteiger partial charge in [0.2, 0.25) is 10.0 Å². The molecule has 1 atom stereocenters. The molecule has 0 spiro atoms. The number of methoxy groups -OCH3 is 1. The molecule has 1 aliphatic rings. The highest BCUT2D eigenvalue weighted by Crippen LogP contribution is 2.38. The largest absolute Gasteiger partial charge is 0.383 e. The maximum atomic E-state index is 12.5. The third-order valence-electron chi connectivity index (χ3n) is 4.66. The first-order chi connectivity index (χ1) is 12.8. The molecule has 146 valence electrons. The predicted molar refractivity (Wildman–Crippen MR) is 108 cm³/mol. The van der Waals surface area contributed by atoms with Gasteiger partial charge in [0.25, 0.3) is 0 Å². The second-order valence-corrected chi connectivity index (χ2v) is 9.28. The summed E-state index contributed by atoms with van der Waals surface area (Å²) >= 11 is 12.6. The number of rotatable bonds is 6. The molecule has 0 saturated carbocycles. The molecule has 1 aliphatic heterocycles. The lowest BCUT2D eigenvalue weighted by Crippen LogP contribution is -2.31. The highest BCUT2D eigenvalue weighted by Gasteiger charge is 2.28. The third kappa shape index (κ3) is 4.65. The number of hydrogen-bond acceptors (Lipinski definition) is 4. The van der Waals surface area contributed by atoms with Gasteiger partial charge in [0.1, 0.15) is 0 Å². The maximum Gasteiger partial charge on any atom is 0.240 e. The third-order valence-corrected chi connectivity index (χ3v) is 6.68. The molecular weight excluding hydrogens is 407 g/mol. The highest BCUT2D eigenvalue weighted by molar-refractivity contribution is 7.89. The van der Waals surface area contributed by atoms with Crippen molar-refractivity contribution in [3.63, 3.8) is 0 Å². The lowest BCUT2D eigenvalue weighted by atomic mass is 9.85. The number of fused-ring (bicyclic) bond motifs is 1. The minimum atomic E-state index is -3.60. The van der Waals surface area contributed by atoms with E-state index in [1.54, 1.807) is 24.3 Å². The number of benzene rings is 2. The van der Waals surface area contributed by atoms with Crippen LogP contribution in [0.4, 0.5) is 0 Å². The number of likely N-dealkylation sites (N-methyl/N-ethyl adjacent to an activating group) is 1. The zero-order valence-electron chi connectivity index (χ0n) is 15.2. The van der Waals surface area contributed by atoms with E-state index in [9.17, 15) is 8.42 Å². The summed E-state index contributed by atoms with van der Waals surface area (Å²) in [6.07, 6.45) is 0. The summed E-state index contributed by atoms with van der Waals surface area (Å²) in [5.74, 6) is -0.0101. The van der Waals surface area contributed by atoms with Gasteiger partial charge in [-0.15, -0.1) is 0 Å². The molecule has 1 heterocycles. The minimum Gasteiger partial charge on any atom is -0.383 e. The SMILES string of the molecule is COCCNS(=O)(=O)c1cccc(C2CN(C)Cc3c(Cl)cc(Cl)cc32)c1. The van der Waals surface area contributed by atoms with E-state index in [1.807, 2.05) is 19.2 Å². The molecule has 0 amide bonds. The van der Waals surface area contributed by atoms with Crippen LogP contribution in [0.1, 0.15) is 22.6 Å². The summed E-state index contributed by atoms with van der Waals surface area (Å²) in [5.41, 5.74) is 2.99. The van der Waals surface area contributed by atoms with Crippen LogP contribution in [0.5, 0.6) is 0 Å². The molecule has 1 N–H and O–H groups in total. The molecular formula is C19H22Cl2N2O3S. The van der Waals surface area contributed by atoms with Crippen molar-refractivity contribution in [3.8, 4) is 0 Å². The fourth-order valence-electron chi connectivity index (χ4n) is 3.39. The Morgan fingerprint density at radius 3 is 2.78 bits per heavy atom. The Balaban J connectivity index is 1.99. The first kappa shape index (κ1) is 20.6. The molecule has 3 rings (SSSR count). The normalized spacial score (nSPS) is 17.7. The van der Waals surface area contributed by atoms with Crippen LogP contribution in [0.15, 0.2) is 41.3 Å². The van der Waals surface area contributed by atoms with Crippen LogP contribution in [0.2, 0.25) is 10.0 Å². The van der Waals surface area contributed by atoms with E-state index in [-0.39, 0.29) is 17.4 Å². The van der Waals surface area contributed by atoms with Gasteiger partial charge in [0.05, 0.1) is 11.5 Å². The molecule has 2 aromatic rings. The molecule has 0 aromatic heterocycles. The van der Waals surface area contributed by atoms with Gasteiger partial charge in [-0.05, 0) is 48.0 Å². The summed E-state index contributed by atoms with van der Waals surface area (Å²) in [6, 6.07) is 10.7. The zero-order valence-corrected chi connectivity index (χ0v) is 17.5. The summed E-state index contributed by atoms with van der Waals surface area (Å²) in [7, 11) is -0.0451. The van der Waals surface area contributed by atoms with E-state index in [0.717, 1.165) is 29.8 Å². The molecule has 0 bridgehead atoms. The van der Waals surface area contributed by atoms with Gasteiger partial charge in [0.15, 0.2) is 0 Å². The maximum absolute atomic E-state index is 12.5. The molecule has 0 fully saturated rings. The first-order valence-corrected chi connectivity index (χ1v) is 10.8. The Hall–Kier alpha value is -1.15. The fraction of sp³-hybridized carbons (Fsp3) is 0.368. The minimum absolute atomic E-state index is 0.0101. The zero-order chi connectivity index (χ0) is 19.6. The molecule has 0 aliphatic carbocycles. The van der Waals surface area contributed by atoms with Gasteiger partial charge >= 0.3 is 0 Å². The average Bonchev–Trinajstić information content (AvgIpc) is 2.62. The summed E-state index contributed by atoms with van der Waals surface area (Å²) in [6.45, 7) is 2.03. The van der Waals surface area contributed by atoms with Gasteiger partial charge in [-0.3, -0.25) is 0 Å². The Bertz CT molecular complexity index is 935. The smallest absolute Gasteiger partial charge is 0.240 e. The average molecular weight is 429 g/mol. The fourth-order valence-corrected chi connectivity index (χ4v) is 5.03. The second-order valence-electron chi connectivity index (χ2n) is 6.67. The number of nitrogens with zero attached hydrogens (tertiary/aromatic N) is 1. The standard InChI is InChI=1S/C19H22Cl2N2O3S/c1-23-11-17(16-9-14(20)10-19(21)18(16)12-23)13-4-3-5-15(8-13)27(24,25)22-6-7-26-2/h3-5,8-10,17,22H,6-7,11-12H2,1-2H3. The van der Waals surface area contributed by atoms with Crippen LogP contribution in [-0.4, -0.2) is 47.2 Å². The van der Waals surface area contributed by atoms with Crippen molar-refractivity contribution in [2.75, 3.05) is 33.9 Å². The molecule has 27 heavy (non-hydrogen) atoms. The Morgan fingerprint density at radius 2 is 2.04 bits per heavy atom. The summed E-state index contributed by atoms with van der Waals surface area (Å²) in [4.78, 5) is 2.41. The van der Waals surface area contributed by atoms with Crippen LogP contribution < -0.4 is 4.72 Å². The molecule has 0 radical (unpaired) electrons. The van der Waals surface area contributed by atoms with Crippen LogP contribution >= 0.6 is 23.2 Å². The molecule has 5 nitrogen and oxygen atoms in total. The lowest BCUT2D eigenvalue weighted by molar-refractivity contribution is 0.204. The summed E-state index contributed by atoms with van der Waals surface area (Å²) < 4.78 is 32.5. The Labute approximate surface area is 170 Å². The molecule has 8 heteroatoms. The van der Waals surface area contributed by atoms with Crippen molar-refractivity contribution in [1.29, 1.82) is 0 Å². The molecule has 1 unspecified atom stereocenters. The van der Waals surface area contributed by atoms with Crippen LogP contribution in [0, 0.1) is 0 Å². The van der Waals surface area contributed by atoms with Gasteiger partial charge < -0.3 is 9.64 Å². The van der Waals surface area contributed by atoms with Crippen molar-refractivity contribution < 1.29 is 13.2 Å². The monoisotopic (exact) mass is 428 g/mol. The molecule has 2 aromatic carbocycles. The van der Waals surface area contributed by atoms with Crippen LogP contribution in [0.3, 0.4) is 0 Å². The van der Waals surface area contributed by atoms with Crippen molar-refractivity contribution in [3.05, 3.63) is 63.1 Å². The predicted octanol–water partition coefficient (Wildman–Crippen LogP) is 3.50. The Kier molecular flexibility index (Phi) is 6.46. The molecule has 0 saturated heterocycles. The van der Waals surface area contributed by atoms with E-state index in [0.29, 0.717) is 16.7 Å². The van der Waals surface area contributed by atoms with Gasteiger partial charge in [-0.25, -0.2) is 13.1 Å². The van der Waals surface area contributed by atoms with Crippen molar-refractivity contribution in [2.24, 2.45) is 0 Å². The number of halogens is 2. The van der Waals surface area contributed by atoms with Gasteiger partial charge in [-0.2, -0.15) is 0 Å². The first-order valence-electron chi connectivity index (χ1n) is 8.56. The second kappa shape index (κ2) is 8.47. The lowest BCUT2D eigenvalue weighted by Gasteiger charge is -2.33. The van der Waals surface area contributed by atoms with Crippen molar-refractivity contribution in [2.45, 2.75) is 17.4 Å². The number of sulfonamides is 1. The van der Waals surface area contributed by atoms with Gasteiger partial charge in [0, 0.05) is 42.7 Å². The Morgan fingerprint density at radius 1 is 1.26 bits per heavy atom. The van der Waals surface area contributed by atoms with E-state index < -0.39 is 10.0 Å². The van der Waals surface area contributed by atoms with Crippen molar-refractivity contribution >= 4 is 33.2 Å². The number of nitrogens with one attached hydrogen (secondary N) is 1. The van der Waals surface area contributed by atoms with Gasteiger partial charge in [-0.1, -0.05) is 35.3 Å². The topological polar surface area (TPSA) is 58.6 Å². The highest BCUT2D eigenvalue weighted by atomic mass is 35.5. The van der Waals surface area contributed by atoms with Crippen molar-refractivity contribution in [1.82, 2.24) is 9.62 Å². The van der Waals surface area contributed by atoms with E-state index in [1.165, 1.54) is 7.11 Å². The van der Waals surface area contributed by atoms with E-state index in [4.69, 9.17) is 27.9 Å². The van der Waals surface area contributed by atoms with E-state index >= 15 is 0 Å².